The molecule has 0 atom stereocenters. The van der Waals surface area contributed by atoms with Crippen LogP contribution < -0.4 is 11.5 Å². The second-order valence-electron chi connectivity index (χ2n) is 1.89. The van der Waals surface area contributed by atoms with Crippen LogP contribution in [0.5, 0.6) is 0 Å². The van der Waals surface area contributed by atoms with Crippen LogP contribution in [0.25, 0.3) is 0 Å². The summed E-state index contributed by atoms with van der Waals surface area (Å²) >= 11 is 9.45. The van der Waals surface area contributed by atoms with Gasteiger partial charge in [0.05, 0.1) is 0 Å². The van der Waals surface area contributed by atoms with E-state index in [0.717, 1.165) is 12.4 Å². The number of halogens is 2. The van der Waals surface area contributed by atoms with Gasteiger partial charge in [-0.15, -0.1) is 24.0 Å². The van der Waals surface area contributed by atoms with Gasteiger partial charge < -0.3 is 16.4 Å². The summed E-state index contributed by atoms with van der Waals surface area (Å²) in [5.41, 5.74) is 9.24. The molecule has 0 aliphatic rings. The van der Waals surface area contributed by atoms with Crippen LogP contribution in [0.1, 0.15) is 0 Å². The minimum absolute atomic E-state index is 0. The van der Waals surface area contributed by atoms with Gasteiger partial charge in [0, 0.05) is 12.4 Å². The van der Waals surface area contributed by atoms with Crippen molar-refractivity contribution >= 4 is 41.3 Å². The van der Waals surface area contributed by atoms with Crippen LogP contribution in [0.15, 0.2) is 0 Å². The minimum atomic E-state index is 0. The Kier molecular flexibility index (Phi) is 20.3. The molecule has 11 heavy (non-hydrogen) atoms. The zero-order valence-corrected chi connectivity index (χ0v) is 9.10. The second kappa shape index (κ2) is 12.9. The Balaban J connectivity index is -0.000000114. The van der Waals surface area contributed by atoms with Gasteiger partial charge in [-0.05, 0) is 26.3 Å². The third-order valence-electron chi connectivity index (χ3n) is 0.532. The summed E-state index contributed by atoms with van der Waals surface area (Å²) in [6.45, 7) is 0.974. The zero-order chi connectivity index (χ0) is 8.57. The topological polar surface area (TPSA) is 55.3 Å². The van der Waals surface area contributed by atoms with E-state index in [4.69, 9.17) is 11.6 Å². The lowest BCUT2D eigenvalue weighted by molar-refractivity contribution is 0.436. The van der Waals surface area contributed by atoms with E-state index in [9.17, 15) is 0 Å². The summed E-state index contributed by atoms with van der Waals surface area (Å²) in [7, 11) is 4.00. The van der Waals surface area contributed by atoms with Gasteiger partial charge in [-0.2, -0.15) is 0 Å². The molecule has 0 bridgehead atoms. The Labute approximate surface area is 84.5 Å². The standard InChI is InChI=1S/C4H10ClN.CH4N2S.ClH/c1-6(2)4-3-5;2-1(3)4;/h3-4H2,1-2H3;(H4,2,3,4);1H. The maximum absolute atomic E-state index is 5.35. The van der Waals surface area contributed by atoms with Crippen LogP contribution in [0.3, 0.4) is 0 Å². The van der Waals surface area contributed by atoms with Gasteiger partial charge in [-0.3, -0.25) is 0 Å². The summed E-state index contributed by atoms with van der Waals surface area (Å²) in [5, 5.41) is 0.000000000000000222. The molecule has 3 nitrogen and oxygen atoms in total. The van der Waals surface area contributed by atoms with Crippen molar-refractivity contribution in [3.8, 4) is 0 Å². The van der Waals surface area contributed by atoms with Crippen LogP contribution in [-0.4, -0.2) is 36.5 Å². The summed E-state index contributed by atoms with van der Waals surface area (Å²) in [6.07, 6.45) is 0. The van der Waals surface area contributed by atoms with E-state index in [0.29, 0.717) is 0 Å². The molecular formula is C5H15Cl2N3S. The molecule has 0 aromatic rings. The molecule has 0 spiro atoms. The lowest BCUT2D eigenvalue weighted by Crippen LogP contribution is -2.18. The van der Waals surface area contributed by atoms with E-state index in [1.165, 1.54) is 0 Å². The smallest absolute Gasteiger partial charge is 0.160 e. The normalized spacial score (nSPS) is 7.64. The number of alkyl halides is 1. The number of thiocarbonyl (C=S) groups is 1. The molecule has 0 saturated heterocycles. The van der Waals surface area contributed by atoms with Crippen molar-refractivity contribution in [3.05, 3.63) is 0 Å². The highest BCUT2D eigenvalue weighted by Gasteiger charge is 1.81. The average molecular weight is 220 g/mol. The fourth-order valence-electron chi connectivity index (χ4n) is 0.169. The predicted molar refractivity (Wildman–Crippen MR) is 57.5 cm³/mol. The van der Waals surface area contributed by atoms with Crippen molar-refractivity contribution < 1.29 is 0 Å². The van der Waals surface area contributed by atoms with Crippen molar-refractivity contribution in [3.63, 3.8) is 0 Å². The van der Waals surface area contributed by atoms with E-state index in [1.807, 2.05) is 19.0 Å². The Morgan fingerprint density at radius 3 is 1.73 bits per heavy atom. The van der Waals surface area contributed by atoms with E-state index in [1.54, 1.807) is 0 Å². The maximum Gasteiger partial charge on any atom is 0.160 e. The minimum Gasteiger partial charge on any atom is -0.377 e. The third-order valence-corrected chi connectivity index (χ3v) is 0.701. The fraction of sp³-hybridized carbons (Fsp3) is 0.800. The Morgan fingerprint density at radius 1 is 1.45 bits per heavy atom. The van der Waals surface area contributed by atoms with Crippen LogP contribution in [0.2, 0.25) is 0 Å². The summed E-state index contributed by atoms with van der Waals surface area (Å²) < 4.78 is 0. The molecule has 4 N–H and O–H groups in total. The van der Waals surface area contributed by atoms with Crippen LogP contribution in [0, 0.1) is 0 Å². The van der Waals surface area contributed by atoms with Crippen LogP contribution >= 0.6 is 36.2 Å². The molecular weight excluding hydrogens is 205 g/mol. The first-order valence-corrected chi connectivity index (χ1v) is 3.70. The summed E-state index contributed by atoms with van der Waals surface area (Å²) in [5.74, 6) is 0.729. The van der Waals surface area contributed by atoms with Crippen LogP contribution in [0.4, 0.5) is 0 Å². The van der Waals surface area contributed by atoms with E-state index in [2.05, 4.69) is 23.7 Å². The molecule has 70 valence electrons. The number of hydrogen-bond acceptors (Lipinski definition) is 2. The van der Waals surface area contributed by atoms with E-state index >= 15 is 0 Å². The van der Waals surface area contributed by atoms with Gasteiger partial charge in [0.2, 0.25) is 0 Å². The van der Waals surface area contributed by atoms with Crippen molar-refractivity contribution in [2.45, 2.75) is 0 Å². The third kappa shape index (κ3) is 66.4. The molecule has 0 rings (SSSR count). The number of nitrogens with two attached hydrogens (primary N) is 2. The van der Waals surface area contributed by atoms with Crippen molar-refractivity contribution in [1.82, 2.24) is 4.90 Å². The van der Waals surface area contributed by atoms with Gasteiger partial charge in [-0.25, -0.2) is 0 Å². The Bertz CT molecular complexity index is 85.8. The largest absolute Gasteiger partial charge is 0.377 e. The SMILES string of the molecule is CN(C)CCCl.Cl.NC(N)=S. The van der Waals surface area contributed by atoms with E-state index < -0.39 is 0 Å². The van der Waals surface area contributed by atoms with Crippen LogP contribution in [-0.2, 0) is 0 Å². The Hall–Kier alpha value is 0.230. The predicted octanol–water partition coefficient (Wildman–Crippen LogP) is 0.397. The highest BCUT2D eigenvalue weighted by molar-refractivity contribution is 7.80. The van der Waals surface area contributed by atoms with Gasteiger partial charge >= 0.3 is 0 Å². The van der Waals surface area contributed by atoms with Gasteiger partial charge in [0.1, 0.15) is 0 Å². The molecule has 0 aromatic heterocycles. The molecule has 0 radical (unpaired) electrons. The quantitative estimate of drug-likeness (QED) is 0.522. The summed E-state index contributed by atoms with van der Waals surface area (Å²) in [4.78, 5) is 2.05. The molecule has 0 saturated carbocycles. The lowest BCUT2D eigenvalue weighted by Gasteiger charge is -2.02. The average Bonchev–Trinajstić information content (AvgIpc) is 1.62. The zero-order valence-electron chi connectivity index (χ0n) is 6.71. The highest BCUT2D eigenvalue weighted by Crippen LogP contribution is 1.75. The first-order chi connectivity index (χ1) is 4.50. The van der Waals surface area contributed by atoms with E-state index in [-0.39, 0.29) is 17.5 Å². The maximum atomic E-state index is 5.35. The molecule has 0 aromatic carbocycles. The Morgan fingerprint density at radius 2 is 1.73 bits per heavy atom. The molecule has 0 aliphatic carbocycles. The molecule has 0 fully saturated rings. The monoisotopic (exact) mass is 219 g/mol. The molecule has 0 heterocycles. The van der Waals surface area contributed by atoms with Crippen molar-refractivity contribution in [2.24, 2.45) is 11.5 Å². The van der Waals surface area contributed by atoms with Gasteiger partial charge in [-0.1, -0.05) is 0 Å². The van der Waals surface area contributed by atoms with Gasteiger partial charge in [0.25, 0.3) is 0 Å². The lowest BCUT2D eigenvalue weighted by atomic mass is 10.7. The molecule has 6 heteroatoms. The first kappa shape index (κ1) is 17.4. The summed E-state index contributed by atoms with van der Waals surface area (Å²) in [6, 6.07) is 0. The number of nitrogens with zero attached hydrogens (tertiary/aromatic N) is 1. The van der Waals surface area contributed by atoms with Crippen molar-refractivity contribution in [2.75, 3.05) is 26.5 Å². The molecule has 0 aliphatic heterocycles. The first-order valence-electron chi connectivity index (χ1n) is 2.76. The second-order valence-corrected chi connectivity index (χ2v) is 2.74. The highest BCUT2D eigenvalue weighted by atomic mass is 35.5. The number of rotatable bonds is 2. The van der Waals surface area contributed by atoms with Crippen molar-refractivity contribution in [1.29, 1.82) is 0 Å². The fourth-order valence-corrected chi connectivity index (χ4v) is 0.507. The molecule has 0 unspecified atom stereocenters. The van der Waals surface area contributed by atoms with Gasteiger partial charge in [0.15, 0.2) is 5.11 Å². The molecule has 0 amide bonds. The number of hydrogen-bond donors (Lipinski definition) is 2.